The van der Waals surface area contributed by atoms with Crippen molar-refractivity contribution in [1.29, 1.82) is 0 Å². The van der Waals surface area contributed by atoms with Crippen LogP contribution < -0.4 is 10.2 Å². The van der Waals surface area contributed by atoms with E-state index in [1.165, 1.54) is 0 Å². The molecular weight excluding hydrogens is 479 g/mol. The summed E-state index contributed by atoms with van der Waals surface area (Å²) in [5.41, 5.74) is -0.360. The number of aromatic nitrogens is 2. The molecule has 2 N–H and O–H groups in total. The first-order valence-electron chi connectivity index (χ1n) is 11.0. The molecule has 174 valence electrons. The second-order valence-corrected chi connectivity index (χ2v) is 16.6. The molecule has 3 heterocycles. The number of ether oxygens (including phenoxy) is 1. The highest BCUT2D eigenvalue weighted by Crippen LogP contribution is 2.34. The second-order valence-electron chi connectivity index (χ2n) is 10.3. The molecular formula is C22H36BrFN4O2Si. The molecule has 9 heteroatoms. The zero-order chi connectivity index (χ0) is 23.0. The van der Waals surface area contributed by atoms with Crippen LogP contribution in [-0.2, 0) is 11.5 Å². The third kappa shape index (κ3) is 5.50. The molecule has 2 aromatic heterocycles. The maximum Gasteiger partial charge on any atom is 0.180 e. The Labute approximate surface area is 194 Å². The Morgan fingerprint density at radius 2 is 2.13 bits per heavy atom. The van der Waals surface area contributed by atoms with Crippen molar-refractivity contribution in [2.75, 3.05) is 31.1 Å². The Bertz CT molecular complexity index is 913. The van der Waals surface area contributed by atoms with Gasteiger partial charge in [-0.3, -0.25) is 0 Å². The molecule has 0 aromatic carbocycles. The van der Waals surface area contributed by atoms with Crippen LogP contribution in [0.4, 0.5) is 10.2 Å². The monoisotopic (exact) mass is 514 g/mol. The maximum atomic E-state index is 15.1. The Morgan fingerprint density at radius 3 is 2.77 bits per heavy atom. The second kappa shape index (κ2) is 9.47. The number of nitrogens with zero attached hydrogens (tertiary/aromatic N) is 3. The van der Waals surface area contributed by atoms with Gasteiger partial charge in [-0.05, 0) is 40.9 Å². The summed E-state index contributed by atoms with van der Waals surface area (Å²) in [7, 11) is -1.17. The van der Waals surface area contributed by atoms with Crippen LogP contribution in [0.15, 0.2) is 16.9 Å². The van der Waals surface area contributed by atoms with Gasteiger partial charge in [0.15, 0.2) is 5.82 Å². The number of hydrogen-bond acceptors (Lipinski definition) is 5. The van der Waals surface area contributed by atoms with E-state index in [-0.39, 0.29) is 22.4 Å². The Balaban J connectivity index is 1.86. The van der Waals surface area contributed by atoms with Gasteiger partial charge in [-0.15, -0.1) is 0 Å². The summed E-state index contributed by atoms with van der Waals surface area (Å²) in [6.45, 7) is 15.9. The third-order valence-corrected chi connectivity index (χ3v) is 8.60. The summed E-state index contributed by atoms with van der Waals surface area (Å²) < 4.78 is 22.9. The van der Waals surface area contributed by atoms with Crippen LogP contribution in [0.1, 0.15) is 20.8 Å². The van der Waals surface area contributed by atoms with Crippen LogP contribution in [-0.4, -0.2) is 60.6 Å². The van der Waals surface area contributed by atoms with Crippen molar-refractivity contribution in [2.45, 2.75) is 64.8 Å². The lowest BCUT2D eigenvalue weighted by Crippen LogP contribution is -2.62. The topological polar surface area (TPSA) is 62.5 Å². The standard InChI is InChI=1S/C22H36BrFN4O2Si/c1-15(2)22(3,29)17-13-27(10-8-25-17)21-16-7-9-28(14-30-11-12-31(4,5)6)19(16)18(24)20(23)26-21/h7,9,15,17,25,29H,8,10-14H2,1-6H3/t17-,22+/m0/s1. The molecule has 1 aliphatic heterocycles. The Morgan fingerprint density at radius 1 is 1.42 bits per heavy atom. The molecule has 1 saturated heterocycles. The number of piperazine rings is 1. The molecule has 0 bridgehead atoms. The molecule has 1 aliphatic rings. The van der Waals surface area contributed by atoms with Gasteiger partial charge >= 0.3 is 0 Å². The molecule has 0 radical (unpaired) electrons. The van der Waals surface area contributed by atoms with Crippen LogP contribution in [0, 0.1) is 11.7 Å². The molecule has 2 aromatic rings. The van der Waals surface area contributed by atoms with Gasteiger partial charge in [0.25, 0.3) is 0 Å². The summed E-state index contributed by atoms with van der Waals surface area (Å²) in [6, 6.07) is 2.88. The molecule has 3 rings (SSSR count). The van der Waals surface area contributed by atoms with E-state index in [1.54, 1.807) is 0 Å². The number of anilines is 1. The Hall–Kier alpha value is -1.00. The van der Waals surface area contributed by atoms with E-state index in [2.05, 4.69) is 50.8 Å². The lowest BCUT2D eigenvalue weighted by Gasteiger charge is -2.43. The zero-order valence-corrected chi connectivity index (χ0v) is 22.1. The van der Waals surface area contributed by atoms with Crippen LogP contribution in [0.5, 0.6) is 0 Å². The average molecular weight is 516 g/mol. The smallest absolute Gasteiger partial charge is 0.180 e. The third-order valence-electron chi connectivity index (χ3n) is 6.37. The van der Waals surface area contributed by atoms with Crippen LogP contribution in [0.2, 0.25) is 25.7 Å². The molecule has 1 fully saturated rings. The minimum absolute atomic E-state index is 0.103. The maximum absolute atomic E-state index is 15.1. The van der Waals surface area contributed by atoms with E-state index in [0.29, 0.717) is 25.4 Å². The number of fused-ring (bicyclic) bond motifs is 1. The highest BCUT2D eigenvalue weighted by Gasteiger charge is 2.38. The van der Waals surface area contributed by atoms with Crippen molar-refractivity contribution in [3.05, 3.63) is 22.7 Å². The Kier molecular flexibility index (Phi) is 7.52. The molecule has 2 atom stereocenters. The van der Waals surface area contributed by atoms with Crippen molar-refractivity contribution in [3.63, 3.8) is 0 Å². The SMILES string of the molecule is CC(C)[C@@](C)(O)[C@@H]1CN(c2nc(Br)c(F)c3c2ccn3COCC[Si](C)(C)C)CCN1. The number of aliphatic hydroxyl groups is 1. The summed E-state index contributed by atoms with van der Waals surface area (Å²) in [5.74, 6) is 0.459. The predicted octanol–water partition coefficient (Wildman–Crippen LogP) is 4.44. The first kappa shape index (κ1) is 24.6. The highest BCUT2D eigenvalue weighted by molar-refractivity contribution is 9.10. The van der Waals surface area contributed by atoms with Gasteiger partial charge in [0, 0.05) is 45.9 Å². The number of rotatable bonds is 8. The molecule has 0 saturated carbocycles. The normalized spacial score (nSPS) is 19.9. The lowest BCUT2D eigenvalue weighted by molar-refractivity contribution is -0.0231. The number of hydrogen-bond donors (Lipinski definition) is 2. The molecule has 31 heavy (non-hydrogen) atoms. The van der Waals surface area contributed by atoms with Crippen molar-refractivity contribution in [1.82, 2.24) is 14.9 Å². The predicted molar refractivity (Wildman–Crippen MR) is 131 cm³/mol. The summed E-state index contributed by atoms with van der Waals surface area (Å²) in [4.78, 5) is 6.68. The zero-order valence-electron chi connectivity index (χ0n) is 19.5. The van der Waals surface area contributed by atoms with E-state index < -0.39 is 13.7 Å². The number of pyridine rings is 1. The van der Waals surface area contributed by atoms with E-state index in [0.717, 1.165) is 30.3 Å². The van der Waals surface area contributed by atoms with Crippen LogP contribution in [0.25, 0.3) is 10.9 Å². The van der Waals surface area contributed by atoms with Gasteiger partial charge in [-0.25, -0.2) is 9.37 Å². The molecule has 0 aliphatic carbocycles. The van der Waals surface area contributed by atoms with Gasteiger partial charge < -0.3 is 24.6 Å². The lowest BCUT2D eigenvalue weighted by atomic mass is 9.84. The largest absolute Gasteiger partial charge is 0.388 e. The van der Waals surface area contributed by atoms with E-state index in [4.69, 9.17) is 4.74 Å². The van der Waals surface area contributed by atoms with E-state index in [9.17, 15) is 5.11 Å². The van der Waals surface area contributed by atoms with Crippen molar-refractivity contribution in [2.24, 2.45) is 5.92 Å². The fraction of sp³-hybridized carbons (Fsp3) is 0.682. The van der Waals surface area contributed by atoms with Gasteiger partial charge in [0.1, 0.15) is 17.2 Å². The van der Waals surface area contributed by atoms with Gasteiger partial charge in [0.05, 0.1) is 17.2 Å². The fourth-order valence-corrected chi connectivity index (χ4v) is 4.94. The van der Waals surface area contributed by atoms with Crippen molar-refractivity contribution >= 4 is 40.7 Å². The minimum Gasteiger partial charge on any atom is -0.388 e. The van der Waals surface area contributed by atoms with Crippen molar-refractivity contribution in [3.8, 4) is 0 Å². The van der Waals surface area contributed by atoms with Gasteiger partial charge in [-0.2, -0.15) is 0 Å². The summed E-state index contributed by atoms with van der Waals surface area (Å²) in [6.07, 6.45) is 1.86. The number of halogens is 2. The van der Waals surface area contributed by atoms with Crippen LogP contribution in [0.3, 0.4) is 0 Å². The summed E-state index contributed by atoms with van der Waals surface area (Å²) >= 11 is 3.31. The number of nitrogens with one attached hydrogen (secondary N) is 1. The molecule has 0 unspecified atom stereocenters. The van der Waals surface area contributed by atoms with Crippen molar-refractivity contribution < 1.29 is 14.2 Å². The highest BCUT2D eigenvalue weighted by atomic mass is 79.9. The van der Waals surface area contributed by atoms with Crippen LogP contribution >= 0.6 is 15.9 Å². The molecule has 0 amide bonds. The first-order valence-corrected chi connectivity index (χ1v) is 15.5. The van der Waals surface area contributed by atoms with E-state index in [1.807, 2.05) is 37.6 Å². The first-order chi connectivity index (χ1) is 14.4. The fourth-order valence-electron chi connectivity index (χ4n) is 3.82. The minimum atomic E-state index is -1.17. The molecule has 6 nitrogen and oxygen atoms in total. The van der Waals surface area contributed by atoms with Gasteiger partial charge in [0.2, 0.25) is 0 Å². The molecule has 0 spiro atoms. The van der Waals surface area contributed by atoms with Gasteiger partial charge in [-0.1, -0.05) is 33.5 Å². The van der Waals surface area contributed by atoms with E-state index >= 15 is 4.39 Å². The average Bonchev–Trinajstić information content (AvgIpc) is 3.11. The summed E-state index contributed by atoms with van der Waals surface area (Å²) in [5, 5.41) is 15.2. The quantitative estimate of drug-likeness (QED) is 0.309.